The van der Waals surface area contributed by atoms with Crippen LogP contribution < -0.4 is 27.0 Å². The number of rotatable bonds is 21. The molecule has 0 aromatic rings. The number of carboxylic acid groups (broad SMARTS) is 1. The van der Waals surface area contributed by atoms with Gasteiger partial charge in [0.25, 0.3) is 11.8 Å². The fourth-order valence-corrected chi connectivity index (χ4v) is 8.48. The van der Waals surface area contributed by atoms with E-state index in [2.05, 4.69) is 21.3 Å². The van der Waals surface area contributed by atoms with Gasteiger partial charge in [0.15, 0.2) is 0 Å². The van der Waals surface area contributed by atoms with Gasteiger partial charge in [0.05, 0.1) is 19.6 Å². The Morgan fingerprint density at radius 1 is 0.812 bits per heavy atom. The average molecular weight is 753 g/mol. The van der Waals surface area contributed by atoms with E-state index >= 15 is 0 Å². The maximum atomic E-state index is 13.4. The second-order valence-electron chi connectivity index (χ2n) is 12.5. The van der Waals surface area contributed by atoms with Gasteiger partial charge in [0, 0.05) is 46.2 Å². The zero-order chi connectivity index (χ0) is 36.7. The maximum absolute atomic E-state index is 13.4. The molecule has 0 radical (unpaired) electrons. The van der Waals surface area contributed by atoms with Crippen molar-refractivity contribution in [2.24, 2.45) is 5.73 Å². The summed E-state index contributed by atoms with van der Waals surface area (Å²) >= 11 is 0. The Morgan fingerprint density at radius 2 is 1.31 bits per heavy atom. The molecule has 0 saturated carbocycles. The van der Waals surface area contributed by atoms with Gasteiger partial charge >= 0.3 is 5.97 Å². The van der Waals surface area contributed by atoms with Crippen LogP contribution in [0.15, 0.2) is 12.2 Å². The van der Waals surface area contributed by atoms with E-state index in [9.17, 15) is 33.6 Å². The average Bonchev–Trinajstić information content (AvgIpc) is 3.29. The SMILES string of the molecule is C[C@H](NC(=O)[C@H](CSSC(C)(C)C)NC(=O)[C@H](CN)N1C(=O)C=CC1=O)C(=O)N[C@@H](CSSC(C)(C)C)C(=O)NCCOCCC(=O)O. The Morgan fingerprint density at radius 3 is 1.79 bits per heavy atom. The highest BCUT2D eigenvalue weighted by Gasteiger charge is 2.37. The predicted molar refractivity (Wildman–Crippen MR) is 191 cm³/mol. The molecule has 1 rings (SSSR count). The summed E-state index contributed by atoms with van der Waals surface area (Å²) in [5.74, 6) is -4.73. The van der Waals surface area contributed by atoms with Crippen molar-refractivity contribution >= 4 is 84.6 Å². The molecule has 1 aliphatic heterocycles. The van der Waals surface area contributed by atoms with E-state index in [0.717, 1.165) is 17.1 Å². The lowest BCUT2D eigenvalue weighted by atomic mass is 10.2. The Balaban J connectivity index is 2.97. The van der Waals surface area contributed by atoms with Crippen LogP contribution >= 0.6 is 43.2 Å². The number of hydrogen-bond donors (Lipinski definition) is 6. The van der Waals surface area contributed by atoms with Gasteiger partial charge in [-0.25, -0.2) is 0 Å². The second-order valence-corrected chi connectivity index (χ2v) is 18.8. The van der Waals surface area contributed by atoms with Crippen LogP contribution in [0.3, 0.4) is 0 Å². The molecule has 272 valence electrons. The molecule has 0 bridgehead atoms. The number of ether oxygens (including phenoxy) is 1. The Hall–Kier alpha value is -2.45. The minimum atomic E-state index is -1.35. The molecule has 7 N–H and O–H groups in total. The summed E-state index contributed by atoms with van der Waals surface area (Å²) in [5, 5.41) is 19.2. The van der Waals surface area contributed by atoms with Crippen LogP contribution in [0.5, 0.6) is 0 Å². The van der Waals surface area contributed by atoms with Gasteiger partial charge in [0.2, 0.25) is 23.6 Å². The van der Waals surface area contributed by atoms with E-state index in [0.29, 0.717) is 0 Å². The third-order valence-corrected chi connectivity index (χ3v) is 12.5. The summed E-state index contributed by atoms with van der Waals surface area (Å²) in [6.45, 7) is 13.2. The predicted octanol–water partition coefficient (Wildman–Crippen LogP) is 0.680. The van der Waals surface area contributed by atoms with Crippen LogP contribution in [-0.4, -0.2) is 123 Å². The van der Waals surface area contributed by atoms with Crippen molar-refractivity contribution in [3.8, 4) is 0 Å². The normalized spacial score (nSPS) is 15.8. The lowest BCUT2D eigenvalue weighted by molar-refractivity contribution is -0.145. The Labute approximate surface area is 297 Å². The number of carbonyl (C=O) groups excluding carboxylic acids is 6. The zero-order valence-electron chi connectivity index (χ0n) is 28.3. The van der Waals surface area contributed by atoms with Gasteiger partial charge in [-0.1, -0.05) is 84.7 Å². The van der Waals surface area contributed by atoms with Gasteiger partial charge in [-0.05, 0) is 6.92 Å². The fraction of sp³-hybridized carbons (Fsp3) is 0.690. The number of nitrogens with one attached hydrogen (secondary N) is 4. The molecule has 1 heterocycles. The van der Waals surface area contributed by atoms with Crippen molar-refractivity contribution in [1.29, 1.82) is 0 Å². The minimum absolute atomic E-state index is 0.00586. The van der Waals surface area contributed by atoms with E-state index in [-0.39, 0.29) is 53.7 Å². The fourth-order valence-electron chi connectivity index (χ4n) is 3.55. The molecule has 0 aromatic carbocycles. The summed E-state index contributed by atoms with van der Waals surface area (Å²) < 4.78 is 4.91. The first-order valence-corrected chi connectivity index (χ1v) is 19.7. The molecule has 48 heavy (non-hydrogen) atoms. The van der Waals surface area contributed by atoms with Gasteiger partial charge in [0.1, 0.15) is 24.2 Å². The first-order chi connectivity index (χ1) is 22.3. The molecule has 0 aromatic heterocycles. The number of nitrogens with zero attached hydrogens (tertiary/aromatic N) is 1. The van der Waals surface area contributed by atoms with Crippen molar-refractivity contribution in [3.05, 3.63) is 12.2 Å². The zero-order valence-corrected chi connectivity index (χ0v) is 31.6. The number of amides is 6. The van der Waals surface area contributed by atoms with Gasteiger partial charge in [-0.15, -0.1) is 0 Å². The molecule has 15 nitrogen and oxygen atoms in total. The second kappa shape index (κ2) is 20.9. The highest BCUT2D eigenvalue weighted by Crippen LogP contribution is 2.36. The van der Waals surface area contributed by atoms with Gasteiger partial charge in [-0.2, -0.15) is 0 Å². The highest BCUT2D eigenvalue weighted by atomic mass is 33.1. The van der Waals surface area contributed by atoms with Crippen LogP contribution in [0.25, 0.3) is 0 Å². The summed E-state index contributed by atoms with van der Waals surface area (Å²) in [5.41, 5.74) is 5.74. The van der Waals surface area contributed by atoms with E-state index in [1.54, 1.807) is 0 Å². The van der Waals surface area contributed by atoms with Crippen molar-refractivity contribution < 1.29 is 43.4 Å². The standard InChI is InChI=1S/C29H48N6O9S4/c1-17(24(40)33-18(15-45-47-28(2,3)4)25(41)31-11-13-44-12-10-23(38)39)32-26(42)19(16-46-48-29(5,6)7)34-27(43)20(14-30)35-21(36)8-9-22(35)37/h8-9,17-20H,10-16,30H2,1-7H3,(H,31,41)(H,32,42)(H,33,40)(H,34,43)(H,38,39)/t17-,18-,19-,20-/m0/s1. The monoisotopic (exact) mass is 752 g/mol. The summed E-state index contributed by atoms with van der Waals surface area (Å²) in [7, 11) is 5.71. The van der Waals surface area contributed by atoms with Gasteiger partial charge < -0.3 is 36.8 Å². The van der Waals surface area contributed by atoms with E-state index < -0.39 is 65.6 Å². The number of aliphatic carboxylic acids is 1. The van der Waals surface area contributed by atoms with Crippen LogP contribution in [0.4, 0.5) is 0 Å². The van der Waals surface area contributed by atoms with Crippen LogP contribution in [-0.2, 0) is 38.3 Å². The van der Waals surface area contributed by atoms with Gasteiger partial charge in [-0.3, -0.25) is 38.5 Å². The topological polar surface area (TPSA) is 226 Å². The van der Waals surface area contributed by atoms with E-state index in [1.807, 2.05) is 41.5 Å². The molecule has 19 heteroatoms. The third kappa shape index (κ3) is 17.3. The molecule has 1 aliphatic rings. The molecular formula is C29H48N6O9S4. The lowest BCUT2D eigenvalue weighted by Crippen LogP contribution is -2.60. The lowest BCUT2D eigenvalue weighted by Gasteiger charge is -2.28. The number of hydrogen-bond acceptors (Lipinski definition) is 13. The third-order valence-electron chi connectivity index (χ3n) is 5.79. The van der Waals surface area contributed by atoms with E-state index in [1.165, 1.54) is 50.1 Å². The largest absolute Gasteiger partial charge is 0.481 e. The first kappa shape index (κ1) is 43.6. The smallest absolute Gasteiger partial charge is 0.305 e. The summed E-state index contributed by atoms with van der Waals surface area (Å²) in [6, 6.07) is -4.61. The number of imide groups is 1. The number of carboxylic acids is 1. The molecular weight excluding hydrogens is 705 g/mol. The van der Waals surface area contributed by atoms with Crippen molar-refractivity contribution in [2.75, 3.05) is 37.8 Å². The van der Waals surface area contributed by atoms with Crippen LogP contribution in [0.2, 0.25) is 0 Å². The molecule has 0 unspecified atom stereocenters. The van der Waals surface area contributed by atoms with E-state index in [4.69, 9.17) is 15.6 Å². The molecule has 6 amide bonds. The van der Waals surface area contributed by atoms with Crippen LogP contribution in [0.1, 0.15) is 54.9 Å². The first-order valence-electron chi connectivity index (χ1n) is 15.1. The van der Waals surface area contributed by atoms with Crippen molar-refractivity contribution in [1.82, 2.24) is 26.2 Å². The summed E-state index contributed by atoms with van der Waals surface area (Å²) in [6.07, 6.45) is 1.89. The molecule has 0 spiro atoms. The van der Waals surface area contributed by atoms with Crippen LogP contribution in [0, 0.1) is 0 Å². The highest BCUT2D eigenvalue weighted by molar-refractivity contribution is 8.77. The summed E-state index contributed by atoms with van der Waals surface area (Å²) in [4.78, 5) is 88.5. The quantitative estimate of drug-likeness (QED) is 0.0539. The Kier molecular flexibility index (Phi) is 19.0. The molecule has 0 saturated heterocycles. The minimum Gasteiger partial charge on any atom is -0.481 e. The number of nitrogens with two attached hydrogens (primary N) is 1. The Bertz CT molecular complexity index is 1170. The molecule has 0 aliphatic carbocycles. The number of carbonyl (C=O) groups is 7. The van der Waals surface area contributed by atoms with Crippen molar-refractivity contribution in [2.45, 2.75) is 88.5 Å². The van der Waals surface area contributed by atoms with Crippen molar-refractivity contribution in [3.63, 3.8) is 0 Å². The maximum Gasteiger partial charge on any atom is 0.305 e. The molecule has 0 fully saturated rings. The molecule has 4 atom stereocenters.